The van der Waals surface area contributed by atoms with Gasteiger partial charge in [-0.1, -0.05) is 49.4 Å². The van der Waals surface area contributed by atoms with Gasteiger partial charge in [0.1, 0.15) is 0 Å². The number of carbonyl (C=O) groups is 1. The molecular formula is C21H24O2S. The molecule has 1 aliphatic heterocycles. The van der Waals surface area contributed by atoms with Gasteiger partial charge in [0, 0.05) is 21.8 Å². The van der Waals surface area contributed by atoms with Gasteiger partial charge in [-0.15, -0.1) is 11.8 Å². The number of rotatable bonds is 2. The third-order valence-electron chi connectivity index (χ3n) is 4.53. The third-order valence-corrected chi connectivity index (χ3v) is 5.66. The molecule has 0 amide bonds. The number of esters is 1. The molecule has 2 aromatic carbocycles. The Balaban J connectivity index is 2.24. The molecule has 3 heteroatoms. The average molecular weight is 340 g/mol. The standard InChI is InChI=1S/C21H24O2S/c1-5-21(23-19(22)20(2,3)4)16-11-7-6-10-15(16)14-24-18-13-9-8-12-17(18)21/h6-13H,5,14H2,1-4H3. The van der Waals surface area contributed by atoms with Crippen molar-refractivity contribution in [2.75, 3.05) is 0 Å². The van der Waals surface area contributed by atoms with Gasteiger partial charge >= 0.3 is 5.97 Å². The quantitative estimate of drug-likeness (QED) is 0.672. The molecule has 0 bridgehead atoms. The van der Waals surface area contributed by atoms with Crippen LogP contribution in [0.15, 0.2) is 53.4 Å². The summed E-state index contributed by atoms with van der Waals surface area (Å²) in [6.07, 6.45) is 0.712. The monoisotopic (exact) mass is 340 g/mol. The molecule has 24 heavy (non-hydrogen) atoms. The Kier molecular flexibility index (Phi) is 4.48. The largest absolute Gasteiger partial charge is 0.449 e. The molecule has 126 valence electrons. The van der Waals surface area contributed by atoms with Crippen molar-refractivity contribution in [3.8, 4) is 0 Å². The summed E-state index contributed by atoms with van der Waals surface area (Å²) in [5.74, 6) is 0.725. The fourth-order valence-corrected chi connectivity index (χ4v) is 4.27. The molecule has 1 heterocycles. The summed E-state index contributed by atoms with van der Waals surface area (Å²) in [7, 11) is 0. The molecule has 0 fully saturated rings. The van der Waals surface area contributed by atoms with Crippen LogP contribution in [0.4, 0.5) is 0 Å². The van der Waals surface area contributed by atoms with Crippen LogP contribution in [-0.2, 0) is 20.9 Å². The van der Waals surface area contributed by atoms with E-state index in [1.165, 1.54) is 10.5 Å². The zero-order chi connectivity index (χ0) is 17.4. The van der Waals surface area contributed by atoms with E-state index in [4.69, 9.17) is 4.74 Å². The minimum Gasteiger partial charge on any atom is -0.449 e. The highest BCUT2D eigenvalue weighted by Crippen LogP contribution is 2.47. The average Bonchev–Trinajstić information content (AvgIpc) is 2.70. The summed E-state index contributed by atoms with van der Waals surface area (Å²) in [6, 6.07) is 16.6. The lowest BCUT2D eigenvalue weighted by Gasteiger charge is -2.36. The van der Waals surface area contributed by atoms with Gasteiger partial charge in [0.05, 0.1) is 5.41 Å². The van der Waals surface area contributed by atoms with Crippen molar-refractivity contribution >= 4 is 17.7 Å². The maximum atomic E-state index is 12.8. The van der Waals surface area contributed by atoms with Crippen molar-refractivity contribution in [2.24, 2.45) is 5.41 Å². The Morgan fingerprint density at radius 2 is 1.71 bits per heavy atom. The molecular weight excluding hydrogens is 316 g/mol. The predicted molar refractivity (Wildman–Crippen MR) is 99.1 cm³/mol. The van der Waals surface area contributed by atoms with Crippen molar-refractivity contribution in [1.29, 1.82) is 0 Å². The van der Waals surface area contributed by atoms with Gasteiger partial charge in [0.25, 0.3) is 0 Å². The number of benzene rings is 2. The molecule has 1 aliphatic rings. The lowest BCUT2D eigenvalue weighted by molar-refractivity contribution is -0.167. The van der Waals surface area contributed by atoms with Crippen molar-refractivity contribution in [1.82, 2.24) is 0 Å². The molecule has 0 saturated carbocycles. The smallest absolute Gasteiger partial charge is 0.312 e. The molecule has 0 spiro atoms. The number of carbonyl (C=O) groups excluding carboxylic acids is 1. The highest BCUT2D eigenvalue weighted by atomic mass is 32.2. The molecule has 1 unspecified atom stereocenters. The lowest BCUT2D eigenvalue weighted by atomic mass is 9.81. The van der Waals surface area contributed by atoms with E-state index in [-0.39, 0.29) is 5.97 Å². The molecule has 3 rings (SSSR count). The van der Waals surface area contributed by atoms with E-state index in [9.17, 15) is 4.79 Å². The minimum atomic E-state index is -0.721. The first-order valence-corrected chi connectivity index (χ1v) is 9.41. The first kappa shape index (κ1) is 17.1. The topological polar surface area (TPSA) is 26.3 Å². The molecule has 2 aromatic rings. The summed E-state index contributed by atoms with van der Waals surface area (Å²) >= 11 is 1.81. The van der Waals surface area contributed by atoms with Crippen molar-refractivity contribution in [3.63, 3.8) is 0 Å². The Morgan fingerprint density at radius 3 is 2.38 bits per heavy atom. The second kappa shape index (κ2) is 6.29. The second-order valence-electron chi connectivity index (χ2n) is 7.26. The first-order chi connectivity index (χ1) is 11.4. The van der Waals surface area contributed by atoms with Crippen LogP contribution in [0.1, 0.15) is 50.8 Å². The first-order valence-electron chi connectivity index (χ1n) is 8.42. The van der Waals surface area contributed by atoms with E-state index in [2.05, 4.69) is 37.3 Å². The zero-order valence-corrected chi connectivity index (χ0v) is 15.6. The fourth-order valence-electron chi connectivity index (χ4n) is 3.14. The van der Waals surface area contributed by atoms with Crippen LogP contribution in [0.3, 0.4) is 0 Å². The fraction of sp³-hybridized carbons (Fsp3) is 0.381. The van der Waals surface area contributed by atoms with Crippen LogP contribution in [0.25, 0.3) is 0 Å². The maximum absolute atomic E-state index is 12.8. The predicted octanol–water partition coefficient (Wildman–Crippen LogP) is 5.54. The second-order valence-corrected chi connectivity index (χ2v) is 8.28. The zero-order valence-electron chi connectivity index (χ0n) is 14.8. The number of hydrogen-bond donors (Lipinski definition) is 0. The number of ether oxygens (including phenoxy) is 1. The normalized spacial score (nSPS) is 19.8. The minimum absolute atomic E-state index is 0.166. The molecule has 0 radical (unpaired) electrons. The Morgan fingerprint density at radius 1 is 1.08 bits per heavy atom. The molecule has 1 atom stereocenters. The van der Waals surface area contributed by atoms with Gasteiger partial charge in [-0.2, -0.15) is 0 Å². The highest BCUT2D eigenvalue weighted by molar-refractivity contribution is 7.98. The van der Waals surface area contributed by atoms with Crippen LogP contribution < -0.4 is 0 Å². The molecule has 2 nitrogen and oxygen atoms in total. The number of fused-ring (bicyclic) bond motifs is 2. The summed E-state index contributed by atoms with van der Waals surface area (Å²) in [6.45, 7) is 7.81. The van der Waals surface area contributed by atoms with Gasteiger partial charge < -0.3 is 4.74 Å². The Hall–Kier alpha value is -1.74. The Labute approximate surface area is 148 Å². The third kappa shape index (κ3) is 2.86. The van der Waals surface area contributed by atoms with E-state index in [1.807, 2.05) is 50.7 Å². The van der Waals surface area contributed by atoms with Gasteiger partial charge in [-0.25, -0.2) is 0 Å². The SMILES string of the molecule is CCC1(OC(=O)C(C)(C)C)c2ccccc2CSc2ccccc21. The van der Waals surface area contributed by atoms with Crippen LogP contribution >= 0.6 is 11.8 Å². The molecule has 0 aromatic heterocycles. The number of thioether (sulfide) groups is 1. The summed E-state index contributed by atoms with van der Waals surface area (Å²) in [5, 5.41) is 0. The van der Waals surface area contributed by atoms with Crippen LogP contribution in [0.5, 0.6) is 0 Å². The van der Waals surface area contributed by atoms with Crippen molar-refractivity contribution in [3.05, 3.63) is 65.2 Å². The summed E-state index contributed by atoms with van der Waals surface area (Å²) in [4.78, 5) is 14.0. The highest BCUT2D eigenvalue weighted by Gasteiger charge is 2.43. The van der Waals surface area contributed by atoms with Gasteiger partial charge in [0.2, 0.25) is 0 Å². The van der Waals surface area contributed by atoms with Gasteiger partial charge in [0.15, 0.2) is 5.60 Å². The summed E-state index contributed by atoms with van der Waals surface area (Å²) < 4.78 is 6.27. The Bertz CT molecular complexity index is 711. The van der Waals surface area contributed by atoms with Gasteiger partial charge in [-0.05, 0) is 38.8 Å². The van der Waals surface area contributed by atoms with E-state index in [0.29, 0.717) is 6.42 Å². The van der Waals surface area contributed by atoms with Gasteiger partial charge in [-0.3, -0.25) is 4.79 Å². The van der Waals surface area contributed by atoms with E-state index in [0.717, 1.165) is 16.9 Å². The molecule has 0 aliphatic carbocycles. The van der Waals surface area contributed by atoms with Crippen LogP contribution in [-0.4, -0.2) is 5.97 Å². The molecule has 0 N–H and O–H groups in total. The summed E-state index contributed by atoms with van der Waals surface area (Å²) in [5.41, 5.74) is 2.19. The molecule has 0 saturated heterocycles. The van der Waals surface area contributed by atoms with E-state index >= 15 is 0 Å². The van der Waals surface area contributed by atoms with E-state index in [1.54, 1.807) is 0 Å². The van der Waals surface area contributed by atoms with E-state index < -0.39 is 11.0 Å². The van der Waals surface area contributed by atoms with Crippen molar-refractivity contribution in [2.45, 2.75) is 50.4 Å². The number of hydrogen-bond acceptors (Lipinski definition) is 3. The van der Waals surface area contributed by atoms with Crippen LogP contribution in [0.2, 0.25) is 0 Å². The lowest BCUT2D eigenvalue weighted by Crippen LogP contribution is -2.38. The maximum Gasteiger partial charge on any atom is 0.312 e. The van der Waals surface area contributed by atoms with Crippen LogP contribution in [0, 0.1) is 5.41 Å². The van der Waals surface area contributed by atoms with Crippen molar-refractivity contribution < 1.29 is 9.53 Å².